The van der Waals surface area contributed by atoms with Crippen LogP contribution in [0.5, 0.6) is 0 Å². The van der Waals surface area contributed by atoms with Crippen molar-refractivity contribution < 1.29 is 14.5 Å². The van der Waals surface area contributed by atoms with E-state index in [0.717, 1.165) is 6.42 Å². The number of carbonyl (C=O) groups is 1. The molecule has 1 saturated carbocycles. The molecule has 19 heavy (non-hydrogen) atoms. The number of carbonyl (C=O) groups excluding carboxylic acids is 1. The van der Waals surface area contributed by atoms with E-state index in [9.17, 15) is 14.9 Å². The zero-order chi connectivity index (χ0) is 13.8. The lowest BCUT2D eigenvalue weighted by atomic mass is 9.83. The van der Waals surface area contributed by atoms with Crippen LogP contribution in [0.3, 0.4) is 0 Å². The molecule has 1 aromatic rings. The highest BCUT2D eigenvalue weighted by Gasteiger charge is 2.19. The van der Waals surface area contributed by atoms with Crippen molar-refractivity contribution in [2.24, 2.45) is 5.92 Å². The van der Waals surface area contributed by atoms with Crippen LogP contribution in [0.4, 0.5) is 5.69 Å². The molecule has 0 aliphatic heterocycles. The second kappa shape index (κ2) is 6.31. The fraction of sp³-hybridized carbons (Fsp3) is 0.462. The Kier molecular flexibility index (Phi) is 4.73. The third kappa shape index (κ3) is 3.65. The molecule has 0 bridgehead atoms. The Morgan fingerprint density at radius 1 is 1.47 bits per heavy atom. The van der Waals surface area contributed by atoms with Crippen LogP contribution in [-0.2, 0) is 4.74 Å². The molecule has 0 unspecified atom stereocenters. The predicted octanol–water partition coefficient (Wildman–Crippen LogP) is 3.55. The van der Waals surface area contributed by atoms with E-state index < -0.39 is 10.9 Å². The molecule has 0 atom stereocenters. The van der Waals surface area contributed by atoms with E-state index in [1.165, 1.54) is 31.4 Å². The number of ether oxygens (including phenoxy) is 1. The lowest BCUT2D eigenvalue weighted by Gasteiger charge is -2.24. The minimum atomic E-state index is -0.513. The second-order valence-corrected chi connectivity index (χ2v) is 5.80. The van der Waals surface area contributed by atoms with Gasteiger partial charge in [-0.25, -0.2) is 4.79 Å². The van der Waals surface area contributed by atoms with Gasteiger partial charge in [-0.2, -0.15) is 0 Å². The maximum absolute atomic E-state index is 11.9. The van der Waals surface area contributed by atoms with Crippen molar-refractivity contribution in [3.05, 3.63) is 37.4 Å². The first-order chi connectivity index (χ1) is 9.08. The van der Waals surface area contributed by atoms with Gasteiger partial charge in [-0.05, 0) is 41.0 Å². The van der Waals surface area contributed by atoms with E-state index in [0.29, 0.717) is 16.1 Å². The van der Waals surface area contributed by atoms with E-state index in [2.05, 4.69) is 0 Å². The largest absolute Gasteiger partial charge is 0.462 e. The van der Waals surface area contributed by atoms with Gasteiger partial charge in [0.15, 0.2) is 0 Å². The molecule has 5 nitrogen and oxygen atoms in total. The Hall–Kier alpha value is -1.18. The molecule has 0 spiro atoms. The molecular formula is C13H14INO4. The van der Waals surface area contributed by atoms with E-state index in [-0.39, 0.29) is 11.3 Å². The van der Waals surface area contributed by atoms with Crippen molar-refractivity contribution in [3.63, 3.8) is 0 Å². The number of halogens is 1. The fourth-order valence-corrected chi connectivity index (χ4v) is 2.52. The molecule has 0 N–H and O–H groups in total. The van der Waals surface area contributed by atoms with E-state index in [1.54, 1.807) is 6.07 Å². The third-order valence-electron chi connectivity index (χ3n) is 3.36. The van der Waals surface area contributed by atoms with Crippen LogP contribution in [0.25, 0.3) is 0 Å². The highest BCUT2D eigenvalue weighted by atomic mass is 127. The average molecular weight is 375 g/mol. The number of benzene rings is 1. The number of non-ortho nitro benzene ring substituents is 1. The zero-order valence-electron chi connectivity index (χ0n) is 10.3. The normalized spacial score (nSPS) is 14.8. The molecule has 1 aromatic carbocycles. The summed E-state index contributed by atoms with van der Waals surface area (Å²) < 4.78 is 5.85. The maximum Gasteiger partial charge on any atom is 0.339 e. The smallest absolute Gasteiger partial charge is 0.339 e. The fourth-order valence-electron chi connectivity index (χ4n) is 1.96. The molecule has 2 rings (SSSR count). The Labute approximate surface area is 124 Å². The Bertz CT molecular complexity index is 499. The molecule has 0 aromatic heterocycles. The minimum Gasteiger partial charge on any atom is -0.462 e. The van der Waals surface area contributed by atoms with E-state index >= 15 is 0 Å². The third-order valence-corrected chi connectivity index (χ3v) is 4.31. The van der Waals surface area contributed by atoms with Gasteiger partial charge in [0.05, 0.1) is 17.1 Å². The van der Waals surface area contributed by atoms with Crippen molar-refractivity contribution in [1.29, 1.82) is 0 Å². The molecule has 1 aliphatic carbocycles. The summed E-state index contributed by atoms with van der Waals surface area (Å²) in [5.41, 5.74) is 0.176. The number of rotatable bonds is 5. The quantitative estimate of drug-likeness (QED) is 0.342. The number of nitro benzene ring substituents is 1. The highest BCUT2D eigenvalue weighted by Crippen LogP contribution is 2.29. The second-order valence-electron chi connectivity index (χ2n) is 4.64. The maximum atomic E-state index is 11.9. The SMILES string of the molecule is O=C(OCCC1CCC1)c1cc([N+](=O)[O-])ccc1I. The van der Waals surface area contributed by atoms with E-state index in [4.69, 9.17) is 4.74 Å². The van der Waals surface area contributed by atoms with Crippen LogP contribution in [-0.4, -0.2) is 17.5 Å². The molecule has 0 radical (unpaired) electrons. The summed E-state index contributed by atoms with van der Waals surface area (Å²) in [5.74, 6) is 0.199. The Morgan fingerprint density at radius 3 is 2.79 bits per heavy atom. The predicted molar refractivity (Wildman–Crippen MR) is 78.1 cm³/mol. The minimum absolute atomic E-state index is 0.0913. The number of nitrogens with zero attached hydrogens (tertiary/aromatic N) is 1. The first-order valence-corrected chi connectivity index (χ1v) is 7.27. The topological polar surface area (TPSA) is 69.4 Å². The van der Waals surface area contributed by atoms with Gasteiger partial charge in [-0.15, -0.1) is 0 Å². The number of nitro groups is 1. The summed E-state index contributed by atoms with van der Waals surface area (Å²) in [7, 11) is 0. The van der Waals surface area contributed by atoms with Gasteiger partial charge in [0.25, 0.3) is 5.69 Å². The Morgan fingerprint density at radius 2 is 2.21 bits per heavy atom. The number of esters is 1. The van der Waals surface area contributed by atoms with Crippen LogP contribution in [0, 0.1) is 19.6 Å². The first kappa shape index (κ1) is 14.2. The lowest BCUT2D eigenvalue weighted by molar-refractivity contribution is -0.384. The van der Waals surface area contributed by atoms with Gasteiger partial charge in [-0.3, -0.25) is 10.1 Å². The van der Waals surface area contributed by atoms with Gasteiger partial charge in [0.2, 0.25) is 0 Å². The van der Waals surface area contributed by atoms with Gasteiger partial charge < -0.3 is 4.74 Å². The van der Waals surface area contributed by atoms with Crippen LogP contribution >= 0.6 is 22.6 Å². The lowest BCUT2D eigenvalue weighted by Crippen LogP contribution is -2.16. The monoisotopic (exact) mass is 375 g/mol. The molecular weight excluding hydrogens is 361 g/mol. The zero-order valence-corrected chi connectivity index (χ0v) is 12.5. The van der Waals surface area contributed by atoms with Gasteiger partial charge in [-0.1, -0.05) is 19.3 Å². The average Bonchev–Trinajstić information content (AvgIpc) is 2.32. The van der Waals surface area contributed by atoms with Gasteiger partial charge in [0.1, 0.15) is 0 Å². The van der Waals surface area contributed by atoms with Crippen molar-refractivity contribution in [2.45, 2.75) is 25.7 Å². The van der Waals surface area contributed by atoms with Crippen molar-refractivity contribution in [3.8, 4) is 0 Å². The van der Waals surface area contributed by atoms with Gasteiger partial charge in [0, 0.05) is 15.7 Å². The summed E-state index contributed by atoms with van der Waals surface area (Å²) in [6, 6.07) is 4.21. The van der Waals surface area contributed by atoms with E-state index in [1.807, 2.05) is 22.6 Å². The van der Waals surface area contributed by atoms with Crippen LogP contribution in [0.15, 0.2) is 18.2 Å². The molecule has 0 saturated heterocycles. The first-order valence-electron chi connectivity index (χ1n) is 6.19. The summed E-state index contributed by atoms with van der Waals surface area (Å²) >= 11 is 1.98. The van der Waals surface area contributed by atoms with Crippen molar-refractivity contribution in [2.75, 3.05) is 6.61 Å². The summed E-state index contributed by atoms with van der Waals surface area (Å²) in [5, 5.41) is 10.7. The summed E-state index contributed by atoms with van der Waals surface area (Å²) in [4.78, 5) is 22.1. The number of hydrogen-bond donors (Lipinski definition) is 0. The standard InChI is InChI=1S/C13H14INO4/c14-12-5-4-10(15(17)18)8-11(12)13(16)19-7-6-9-2-1-3-9/h4-5,8-9H,1-3,6-7H2. The summed E-state index contributed by atoms with van der Waals surface area (Å²) in [6.07, 6.45) is 4.58. The summed E-state index contributed by atoms with van der Waals surface area (Å²) in [6.45, 7) is 0.391. The molecule has 1 aliphatic rings. The van der Waals surface area contributed by atoms with Crippen LogP contribution in [0.1, 0.15) is 36.0 Å². The molecule has 0 amide bonds. The molecule has 102 valence electrons. The molecule has 1 fully saturated rings. The number of hydrogen-bond acceptors (Lipinski definition) is 4. The Balaban J connectivity index is 1.96. The highest BCUT2D eigenvalue weighted by molar-refractivity contribution is 14.1. The molecule has 6 heteroatoms. The molecule has 0 heterocycles. The van der Waals surface area contributed by atoms with Crippen LogP contribution in [0.2, 0.25) is 0 Å². The van der Waals surface area contributed by atoms with Crippen LogP contribution < -0.4 is 0 Å². The van der Waals surface area contributed by atoms with Crippen molar-refractivity contribution in [1.82, 2.24) is 0 Å². The van der Waals surface area contributed by atoms with Gasteiger partial charge >= 0.3 is 5.97 Å². The van der Waals surface area contributed by atoms with Crippen molar-refractivity contribution >= 4 is 34.2 Å².